The molecule has 5 heteroatoms. The minimum atomic E-state index is -0.276. The molecule has 0 bridgehead atoms. The van der Waals surface area contributed by atoms with Gasteiger partial charge in [0.2, 0.25) is 0 Å². The van der Waals surface area contributed by atoms with Crippen LogP contribution in [0.25, 0.3) is 0 Å². The van der Waals surface area contributed by atoms with Crippen LogP contribution in [0.5, 0.6) is 11.5 Å². The smallest absolute Gasteiger partial charge is 0.254 e. The van der Waals surface area contributed by atoms with E-state index >= 15 is 0 Å². The Kier molecular flexibility index (Phi) is 4.51. The number of rotatable bonds is 3. The van der Waals surface area contributed by atoms with Gasteiger partial charge in [0.05, 0.1) is 0 Å². The number of hydrogen-bond acceptors (Lipinski definition) is 4. The van der Waals surface area contributed by atoms with Crippen LogP contribution < -0.4 is 0 Å². The molecule has 1 fully saturated rings. The van der Waals surface area contributed by atoms with E-state index in [-0.39, 0.29) is 29.1 Å². The zero-order valence-electron chi connectivity index (χ0n) is 13.2. The summed E-state index contributed by atoms with van der Waals surface area (Å²) >= 11 is 0. The van der Waals surface area contributed by atoms with Crippen LogP contribution in [0.3, 0.4) is 0 Å². The number of likely N-dealkylation sites (tertiary alicyclic amines) is 1. The molecule has 0 spiro atoms. The average molecular weight is 325 g/mol. The number of piperidine rings is 1. The molecular formula is C19H19NO4. The lowest BCUT2D eigenvalue weighted by Gasteiger charge is -2.32. The predicted molar refractivity (Wildman–Crippen MR) is 89.2 cm³/mol. The number of benzene rings is 2. The minimum Gasteiger partial charge on any atom is -0.508 e. The number of aromatic hydroxyl groups is 2. The van der Waals surface area contributed by atoms with E-state index < -0.39 is 0 Å². The lowest BCUT2D eigenvalue weighted by molar-refractivity contribution is 0.0636. The minimum absolute atomic E-state index is 0.0465. The van der Waals surface area contributed by atoms with Crippen LogP contribution in [-0.4, -0.2) is 39.9 Å². The second kappa shape index (κ2) is 6.74. The van der Waals surface area contributed by atoms with Crippen LogP contribution >= 0.6 is 0 Å². The Morgan fingerprint density at radius 3 is 2.25 bits per heavy atom. The van der Waals surface area contributed by atoms with Gasteiger partial charge in [0.25, 0.3) is 5.91 Å². The molecule has 1 aliphatic heterocycles. The van der Waals surface area contributed by atoms with Crippen LogP contribution in [0.1, 0.15) is 33.6 Å². The standard InChI is InChI=1S/C19H19NO4/c21-16-7-1-4-13(10-16)18(23)15-6-3-9-20(12-15)19(24)14-5-2-8-17(22)11-14/h1-2,4-5,7-8,10-11,15,21-22H,3,6,9,12H2. The fourth-order valence-electron chi connectivity index (χ4n) is 3.09. The number of carbonyl (C=O) groups is 2. The monoisotopic (exact) mass is 325 g/mol. The van der Waals surface area contributed by atoms with Crippen molar-refractivity contribution in [3.8, 4) is 11.5 Å². The molecule has 2 aromatic rings. The van der Waals surface area contributed by atoms with E-state index in [1.165, 1.54) is 24.3 Å². The maximum Gasteiger partial charge on any atom is 0.254 e. The molecule has 24 heavy (non-hydrogen) atoms. The topological polar surface area (TPSA) is 77.8 Å². The number of phenols is 2. The van der Waals surface area contributed by atoms with E-state index in [2.05, 4.69) is 0 Å². The van der Waals surface area contributed by atoms with Crippen molar-refractivity contribution in [2.24, 2.45) is 5.92 Å². The molecule has 0 aromatic heterocycles. The van der Waals surface area contributed by atoms with Crippen molar-refractivity contribution in [3.05, 3.63) is 59.7 Å². The van der Waals surface area contributed by atoms with Crippen LogP contribution in [0.2, 0.25) is 0 Å². The molecule has 0 saturated carbocycles. The maximum atomic E-state index is 12.6. The fraction of sp³-hybridized carbons (Fsp3) is 0.263. The third kappa shape index (κ3) is 3.40. The first-order valence-corrected chi connectivity index (χ1v) is 7.96. The Balaban J connectivity index is 1.74. The van der Waals surface area contributed by atoms with Crippen LogP contribution in [0.4, 0.5) is 0 Å². The molecule has 3 rings (SSSR count). The van der Waals surface area contributed by atoms with Gasteiger partial charge < -0.3 is 15.1 Å². The summed E-state index contributed by atoms with van der Waals surface area (Å²) in [5.41, 5.74) is 0.882. The van der Waals surface area contributed by atoms with E-state index in [0.29, 0.717) is 24.2 Å². The summed E-state index contributed by atoms with van der Waals surface area (Å²) < 4.78 is 0. The van der Waals surface area contributed by atoms with Gasteiger partial charge in [-0.15, -0.1) is 0 Å². The van der Waals surface area contributed by atoms with Crippen molar-refractivity contribution in [2.75, 3.05) is 13.1 Å². The van der Waals surface area contributed by atoms with Crippen molar-refractivity contribution in [3.63, 3.8) is 0 Å². The van der Waals surface area contributed by atoms with Crippen molar-refractivity contribution in [1.29, 1.82) is 0 Å². The van der Waals surface area contributed by atoms with Gasteiger partial charge in [0, 0.05) is 30.1 Å². The van der Waals surface area contributed by atoms with Gasteiger partial charge in [-0.05, 0) is 43.2 Å². The average Bonchev–Trinajstić information content (AvgIpc) is 2.60. The van der Waals surface area contributed by atoms with E-state index in [1.807, 2.05) is 0 Å². The summed E-state index contributed by atoms with van der Waals surface area (Å²) in [6.07, 6.45) is 1.47. The second-order valence-electron chi connectivity index (χ2n) is 6.06. The van der Waals surface area contributed by atoms with Crippen molar-refractivity contribution in [1.82, 2.24) is 4.90 Å². The van der Waals surface area contributed by atoms with E-state index in [0.717, 1.165) is 12.8 Å². The quantitative estimate of drug-likeness (QED) is 0.851. The van der Waals surface area contributed by atoms with E-state index in [9.17, 15) is 19.8 Å². The van der Waals surface area contributed by atoms with Crippen LogP contribution in [0.15, 0.2) is 48.5 Å². The summed E-state index contributed by atoms with van der Waals surface area (Å²) in [6.45, 7) is 0.946. The highest BCUT2D eigenvalue weighted by molar-refractivity contribution is 5.99. The molecule has 5 nitrogen and oxygen atoms in total. The Hall–Kier alpha value is -2.82. The summed E-state index contributed by atoms with van der Waals surface area (Å²) in [6, 6.07) is 12.5. The first-order chi connectivity index (χ1) is 11.5. The number of ketones is 1. The highest BCUT2D eigenvalue weighted by Gasteiger charge is 2.29. The zero-order chi connectivity index (χ0) is 17.1. The normalized spacial score (nSPS) is 17.5. The largest absolute Gasteiger partial charge is 0.508 e. The van der Waals surface area contributed by atoms with Crippen molar-refractivity contribution < 1.29 is 19.8 Å². The molecule has 0 radical (unpaired) electrons. The number of nitrogens with zero attached hydrogens (tertiary/aromatic N) is 1. The highest BCUT2D eigenvalue weighted by Crippen LogP contribution is 2.24. The molecule has 2 N–H and O–H groups in total. The third-order valence-corrected chi connectivity index (χ3v) is 4.30. The SMILES string of the molecule is O=C(c1cccc(O)c1)C1CCCN(C(=O)c2cccc(O)c2)C1. The molecule has 2 aromatic carbocycles. The van der Waals surface area contributed by atoms with Crippen LogP contribution in [-0.2, 0) is 0 Å². The lowest BCUT2D eigenvalue weighted by atomic mass is 9.89. The molecule has 1 saturated heterocycles. The molecular weight excluding hydrogens is 306 g/mol. The first-order valence-electron chi connectivity index (χ1n) is 7.96. The number of Topliss-reactive ketones (excluding diaryl/α,β-unsaturated/α-hetero) is 1. The van der Waals surface area contributed by atoms with Crippen molar-refractivity contribution in [2.45, 2.75) is 12.8 Å². The predicted octanol–water partition coefficient (Wildman–Crippen LogP) is 2.83. The first kappa shape index (κ1) is 16.1. The Labute approximate surface area is 140 Å². The van der Waals surface area contributed by atoms with Gasteiger partial charge in [-0.2, -0.15) is 0 Å². The fourth-order valence-corrected chi connectivity index (χ4v) is 3.09. The molecule has 1 aliphatic rings. The highest BCUT2D eigenvalue weighted by atomic mass is 16.3. The third-order valence-electron chi connectivity index (χ3n) is 4.30. The molecule has 1 atom stereocenters. The summed E-state index contributed by atoms with van der Waals surface area (Å²) in [4.78, 5) is 26.9. The van der Waals surface area contributed by atoms with E-state index in [4.69, 9.17) is 0 Å². The second-order valence-corrected chi connectivity index (χ2v) is 6.06. The Morgan fingerprint density at radius 1 is 0.958 bits per heavy atom. The molecule has 1 unspecified atom stereocenters. The van der Waals surface area contributed by atoms with E-state index in [1.54, 1.807) is 29.2 Å². The van der Waals surface area contributed by atoms with Gasteiger partial charge >= 0.3 is 0 Å². The maximum absolute atomic E-state index is 12.6. The van der Waals surface area contributed by atoms with Gasteiger partial charge in [0.15, 0.2) is 5.78 Å². The van der Waals surface area contributed by atoms with Gasteiger partial charge in [-0.1, -0.05) is 18.2 Å². The zero-order valence-corrected chi connectivity index (χ0v) is 13.2. The van der Waals surface area contributed by atoms with Crippen molar-refractivity contribution >= 4 is 11.7 Å². The molecule has 124 valence electrons. The van der Waals surface area contributed by atoms with Gasteiger partial charge in [-0.3, -0.25) is 9.59 Å². The molecule has 1 heterocycles. The summed E-state index contributed by atoms with van der Waals surface area (Å²) in [7, 11) is 0. The lowest BCUT2D eigenvalue weighted by Crippen LogP contribution is -2.42. The van der Waals surface area contributed by atoms with Gasteiger partial charge in [0.1, 0.15) is 11.5 Å². The number of carbonyl (C=O) groups excluding carboxylic acids is 2. The summed E-state index contributed by atoms with van der Waals surface area (Å²) in [5, 5.41) is 19.1. The van der Waals surface area contributed by atoms with Gasteiger partial charge in [-0.25, -0.2) is 0 Å². The molecule has 0 aliphatic carbocycles. The Bertz CT molecular complexity index is 708. The number of amides is 1. The Morgan fingerprint density at radius 2 is 1.58 bits per heavy atom. The molecule has 1 amide bonds. The number of hydrogen-bond donors (Lipinski definition) is 2. The number of phenolic OH excluding ortho intramolecular Hbond substituents is 2. The van der Waals surface area contributed by atoms with Crippen LogP contribution in [0, 0.1) is 5.92 Å². The summed E-state index contributed by atoms with van der Waals surface area (Å²) in [5.74, 6) is -0.407.